The zero-order valence-corrected chi connectivity index (χ0v) is 33.9. The molecule has 4 N–H and O–H groups in total. The van der Waals surface area contributed by atoms with Crippen molar-refractivity contribution in [2.75, 3.05) is 33.1 Å². The van der Waals surface area contributed by atoms with Crippen LogP contribution in [0.1, 0.15) is 36.6 Å². The molecule has 2 aliphatic carbocycles. The van der Waals surface area contributed by atoms with Gasteiger partial charge in [-0.3, -0.25) is 9.59 Å². The van der Waals surface area contributed by atoms with Crippen LogP contribution in [-0.2, 0) is 6.54 Å². The van der Waals surface area contributed by atoms with Crippen LogP contribution in [0.4, 0.5) is 5.69 Å². The average molecular weight is 844 g/mol. The number of carbonyl (C=O) groups is 3. The molecular weight excluding hydrogens is 809 g/mol. The monoisotopic (exact) mass is 842 g/mol. The van der Waals surface area contributed by atoms with E-state index in [0.717, 1.165) is 11.0 Å². The lowest BCUT2D eigenvalue weighted by atomic mass is 9.89. The van der Waals surface area contributed by atoms with Crippen LogP contribution in [-0.4, -0.2) is 61.4 Å². The Bertz CT molecular complexity index is 3200. The Hall–Kier alpha value is -7.15. The predicted octanol–water partition coefficient (Wildman–Crippen LogP) is 8.52. The number of hydrogen-bond acceptors (Lipinski definition) is 8. The summed E-state index contributed by atoms with van der Waals surface area (Å²) in [5, 5.41) is 35.4. The van der Waals surface area contributed by atoms with Gasteiger partial charge >= 0.3 is 11.9 Å². The number of carboxylic acid groups (broad SMARTS) is 2. The molecule has 0 unspecified atom stereocenters. The minimum atomic E-state index is -1.36. The summed E-state index contributed by atoms with van der Waals surface area (Å²) in [5.41, 5.74) is 3.29. The predicted molar refractivity (Wildman–Crippen MR) is 231 cm³/mol. The number of carbonyl (C=O) groups excluding carboxylic acids is 1. The zero-order chi connectivity index (χ0) is 42.7. The minimum absolute atomic E-state index is 0.0245. The molecular formula is C46H34Cl2N3O9+. The molecule has 0 bridgehead atoms. The van der Waals surface area contributed by atoms with Crippen LogP contribution in [0.15, 0.2) is 111 Å². The molecule has 0 aromatic heterocycles. The first-order valence-electron chi connectivity index (χ1n) is 18.4. The number of amides is 1. The molecule has 4 aliphatic rings. The lowest BCUT2D eigenvalue weighted by molar-refractivity contribution is 0.0687. The summed E-state index contributed by atoms with van der Waals surface area (Å²) in [7, 11) is 7.53. The SMILES string of the molecule is CN(C)c1ccc2c(-c3c(Cl)c(C(=O)NCc4ccc(C(=O)O)c(-c5c6ccc(=O)cc-6oc6cc(O)ccc56)c4)cc(Cl)c3C(=O)O)c3ccc(=[N+](C)C)cc-3oc2c1. The Morgan fingerprint density at radius 2 is 1.37 bits per heavy atom. The van der Waals surface area contributed by atoms with Gasteiger partial charge in [0.2, 0.25) is 5.36 Å². The van der Waals surface area contributed by atoms with E-state index in [1.807, 2.05) is 61.9 Å². The van der Waals surface area contributed by atoms with Gasteiger partial charge in [-0.05, 0) is 71.8 Å². The molecule has 0 atom stereocenters. The number of anilines is 1. The van der Waals surface area contributed by atoms with Crippen LogP contribution in [0.3, 0.4) is 0 Å². The summed E-state index contributed by atoms with van der Waals surface area (Å²) >= 11 is 13.9. The maximum absolute atomic E-state index is 14.2. The van der Waals surface area contributed by atoms with E-state index in [-0.39, 0.29) is 66.9 Å². The molecule has 1 amide bonds. The number of benzene rings is 6. The Balaban J connectivity index is 1.26. The van der Waals surface area contributed by atoms with Gasteiger partial charge in [-0.1, -0.05) is 29.3 Å². The van der Waals surface area contributed by atoms with Crippen molar-refractivity contribution in [2.45, 2.75) is 6.54 Å². The standard InChI is InChI=1S/C46H33Cl2N3O9/c1-50(2)23-6-11-30-35(16-23)59-36-17-24(51(3)4)7-12-31(36)40(30)42-41(46(57)58)34(47)20-33(43(42)48)44(54)49-21-22-5-10-27(45(55)56)32(15-22)39-28-13-8-25(52)18-37(28)60-38-19-26(53)9-14-29(38)39/h5-20H,21H2,1-4H3,(H3-,49,52,53,54,55,56,57,58)/p+1. The third-order valence-electron chi connectivity index (χ3n) is 10.4. The van der Waals surface area contributed by atoms with Crippen molar-refractivity contribution in [3.05, 3.63) is 145 Å². The normalized spacial score (nSPS) is 11.4. The minimum Gasteiger partial charge on any atom is -0.508 e. The number of hydrogen-bond donors (Lipinski definition) is 4. The molecule has 0 saturated heterocycles. The van der Waals surface area contributed by atoms with Crippen molar-refractivity contribution in [3.8, 4) is 50.7 Å². The number of halogens is 2. The molecule has 0 saturated carbocycles. The molecule has 0 spiro atoms. The Kier molecular flexibility index (Phi) is 10.1. The first-order valence-corrected chi connectivity index (χ1v) is 19.1. The molecule has 0 radical (unpaired) electrons. The number of nitrogens with zero attached hydrogens (tertiary/aromatic N) is 2. The molecule has 12 nitrogen and oxygen atoms in total. The summed E-state index contributed by atoms with van der Waals surface area (Å²) in [6.07, 6.45) is 0. The first kappa shape index (κ1) is 39.7. The summed E-state index contributed by atoms with van der Waals surface area (Å²) in [6, 6.07) is 25.3. The molecule has 4 aromatic rings. The summed E-state index contributed by atoms with van der Waals surface area (Å²) in [5.74, 6) is -2.74. The molecule has 2 heterocycles. The van der Waals surface area contributed by atoms with E-state index in [9.17, 15) is 34.5 Å². The second-order valence-electron chi connectivity index (χ2n) is 14.6. The lowest BCUT2D eigenvalue weighted by Crippen LogP contribution is -2.24. The highest BCUT2D eigenvalue weighted by Crippen LogP contribution is 2.47. The van der Waals surface area contributed by atoms with E-state index in [0.29, 0.717) is 49.9 Å². The largest absolute Gasteiger partial charge is 0.508 e. The molecule has 0 fully saturated rings. The third-order valence-corrected chi connectivity index (χ3v) is 11.1. The van der Waals surface area contributed by atoms with E-state index >= 15 is 0 Å². The fourth-order valence-corrected chi connectivity index (χ4v) is 8.06. The van der Waals surface area contributed by atoms with Crippen LogP contribution < -0.4 is 25.6 Å². The Morgan fingerprint density at radius 1 is 0.700 bits per heavy atom. The number of nitrogens with one attached hydrogen (secondary N) is 1. The fraction of sp³-hybridized carbons (Fsp3) is 0.109. The maximum atomic E-state index is 14.2. The van der Waals surface area contributed by atoms with Crippen LogP contribution in [0.2, 0.25) is 10.0 Å². The molecule has 300 valence electrons. The number of fused-ring (bicyclic) bond motifs is 4. The van der Waals surface area contributed by atoms with E-state index in [2.05, 4.69) is 5.32 Å². The quantitative estimate of drug-likeness (QED) is 0.0858. The molecule has 14 heteroatoms. The smallest absolute Gasteiger partial charge is 0.337 e. The third kappa shape index (κ3) is 6.95. The van der Waals surface area contributed by atoms with Gasteiger partial charge in [0.05, 0.1) is 32.8 Å². The van der Waals surface area contributed by atoms with E-state index in [4.69, 9.17) is 32.0 Å². The van der Waals surface area contributed by atoms with Crippen LogP contribution in [0.5, 0.6) is 5.75 Å². The van der Waals surface area contributed by atoms with E-state index in [1.54, 1.807) is 36.4 Å². The highest BCUT2D eigenvalue weighted by Gasteiger charge is 2.30. The van der Waals surface area contributed by atoms with Crippen molar-refractivity contribution in [1.82, 2.24) is 9.89 Å². The van der Waals surface area contributed by atoms with Gasteiger partial charge in [0.1, 0.15) is 42.5 Å². The molecule has 60 heavy (non-hydrogen) atoms. The fourth-order valence-electron chi connectivity index (χ4n) is 7.45. The summed E-state index contributed by atoms with van der Waals surface area (Å²) < 4.78 is 14.3. The Labute approximate surface area is 351 Å². The number of aromatic carboxylic acids is 2. The van der Waals surface area contributed by atoms with Gasteiger partial charge in [-0.2, -0.15) is 0 Å². The van der Waals surface area contributed by atoms with Gasteiger partial charge in [-0.25, -0.2) is 14.2 Å². The van der Waals surface area contributed by atoms with Gasteiger partial charge in [-0.15, -0.1) is 0 Å². The van der Waals surface area contributed by atoms with Crippen LogP contribution in [0, 0.1) is 0 Å². The van der Waals surface area contributed by atoms with Crippen molar-refractivity contribution >= 4 is 68.7 Å². The van der Waals surface area contributed by atoms with E-state index in [1.165, 1.54) is 36.4 Å². The van der Waals surface area contributed by atoms with E-state index < -0.39 is 17.8 Å². The second-order valence-corrected chi connectivity index (χ2v) is 15.4. The number of phenols is 1. The molecule has 2 aliphatic heterocycles. The van der Waals surface area contributed by atoms with Crippen molar-refractivity contribution < 1.29 is 38.5 Å². The molecule has 4 aromatic carbocycles. The molecule has 8 rings (SSSR count). The highest BCUT2D eigenvalue weighted by atomic mass is 35.5. The van der Waals surface area contributed by atoms with Crippen molar-refractivity contribution in [3.63, 3.8) is 0 Å². The summed E-state index contributed by atoms with van der Waals surface area (Å²) in [4.78, 5) is 54.0. The van der Waals surface area contributed by atoms with Crippen molar-refractivity contribution in [2.24, 2.45) is 0 Å². The topological polar surface area (TPSA) is 174 Å². The highest BCUT2D eigenvalue weighted by molar-refractivity contribution is 6.41. The van der Waals surface area contributed by atoms with Gasteiger partial charge < -0.3 is 34.4 Å². The lowest BCUT2D eigenvalue weighted by Gasteiger charge is -2.21. The Morgan fingerprint density at radius 3 is 2.07 bits per heavy atom. The van der Waals surface area contributed by atoms with Gasteiger partial charge in [0.25, 0.3) is 5.91 Å². The average Bonchev–Trinajstić information content (AvgIpc) is 3.20. The first-order chi connectivity index (χ1) is 28.6. The number of rotatable bonds is 8. The van der Waals surface area contributed by atoms with Gasteiger partial charge in [0, 0.05) is 89.2 Å². The zero-order valence-electron chi connectivity index (χ0n) is 32.4. The maximum Gasteiger partial charge on any atom is 0.337 e. The van der Waals surface area contributed by atoms with Crippen molar-refractivity contribution in [1.29, 1.82) is 0 Å². The number of aromatic hydroxyl groups is 1. The van der Waals surface area contributed by atoms with Gasteiger partial charge in [0.15, 0.2) is 5.43 Å². The summed E-state index contributed by atoms with van der Waals surface area (Å²) in [6.45, 7) is -0.120. The second kappa shape index (κ2) is 15.2. The van der Waals surface area contributed by atoms with Crippen LogP contribution in [0.25, 0.3) is 66.8 Å². The number of carboxylic acids is 2. The number of phenolic OH excluding ortho intramolecular Hbond substituents is 1. The van der Waals surface area contributed by atoms with Crippen LogP contribution >= 0.6 is 23.2 Å².